The zero-order chi connectivity index (χ0) is 19.7. The number of hydrogen-bond acceptors (Lipinski definition) is 3. The van der Waals surface area contributed by atoms with E-state index in [4.69, 9.17) is 4.74 Å². The lowest BCUT2D eigenvalue weighted by atomic mass is 10.1. The first-order valence-corrected chi connectivity index (χ1v) is 8.22. The summed E-state index contributed by atoms with van der Waals surface area (Å²) in [6, 6.07) is 15.0. The number of halogens is 3. The number of amides is 2. The first-order valence-electron chi connectivity index (χ1n) is 8.22. The highest BCUT2D eigenvalue weighted by molar-refractivity contribution is 5.92. The summed E-state index contributed by atoms with van der Waals surface area (Å²) in [7, 11) is 0. The smallest absolute Gasteiger partial charge is 0.422 e. The van der Waals surface area contributed by atoms with E-state index in [1.54, 1.807) is 6.07 Å². The maximum Gasteiger partial charge on any atom is 0.422 e. The van der Waals surface area contributed by atoms with Crippen LogP contribution in [0.2, 0.25) is 0 Å². The minimum atomic E-state index is -4.47. The Morgan fingerprint density at radius 1 is 0.926 bits per heavy atom. The minimum absolute atomic E-state index is 0.0197. The van der Waals surface area contributed by atoms with Crippen LogP contribution in [0, 0.1) is 0 Å². The van der Waals surface area contributed by atoms with Crippen molar-refractivity contribution >= 4 is 17.5 Å². The molecule has 2 amide bonds. The van der Waals surface area contributed by atoms with E-state index < -0.39 is 18.7 Å². The fourth-order valence-corrected chi connectivity index (χ4v) is 2.23. The monoisotopic (exact) mass is 380 g/mol. The Balaban J connectivity index is 1.78. The van der Waals surface area contributed by atoms with Crippen LogP contribution in [0.3, 0.4) is 0 Å². The molecule has 0 unspecified atom stereocenters. The van der Waals surface area contributed by atoms with Crippen LogP contribution in [0.4, 0.5) is 18.9 Å². The van der Waals surface area contributed by atoms with Gasteiger partial charge in [-0.05, 0) is 17.7 Å². The third kappa shape index (κ3) is 7.81. The molecule has 2 N–H and O–H groups in total. The minimum Gasteiger partial charge on any atom is -0.482 e. The van der Waals surface area contributed by atoms with Gasteiger partial charge in [0.15, 0.2) is 6.61 Å². The Hall–Kier alpha value is -3.03. The van der Waals surface area contributed by atoms with Gasteiger partial charge in [-0.3, -0.25) is 9.59 Å². The summed E-state index contributed by atoms with van der Waals surface area (Å²) < 4.78 is 41.5. The summed E-state index contributed by atoms with van der Waals surface area (Å²) in [5, 5.41) is 5.12. The zero-order valence-electron chi connectivity index (χ0n) is 14.4. The van der Waals surface area contributed by atoms with E-state index in [-0.39, 0.29) is 36.7 Å². The van der Waals surface area contributed by atoms with Gasteiger partial charge in [-0.2, -0.15) is 13.2 Å². The average molecular weight is 380 g/mol. The van der Waals surface area contributed by atoms with E-state index in [2.05, 4.69) is 10.6 Å². The molecule has 0 aliphatic heterocycles. The van der Waals surface area contributed by atoms with Crippen molar-refractivity contribution in [2.24, 2.45) is 0 Å². The fraction of sp³-hybridized carbons (Fsp3) is 0.263. The van der Waals surface area contributed by atoms with Gasteiger partial charge in [0.1, 0.15) is 5.75 Å². The molecule has 0 saturated carbocycles. The van der Waals surface area contributed by atoms with Crippen LogP contribution >= 0.6 is 0 Å². The van der Waals surface area contributed by atoms with Crippen molar-refractivity contribution in [2.75, 3.05) is 18.5 Å². The van der Waals surface area contributed by atoms with E-state index in [1.807, 2.05) is 30.3 Å². The molecule has 0 heterocycles. The van der Waals surface area contributed by atoms with E-state index in [0.717, 1.165) is 5.56 Å². The second-order valence-corrected chi connectivity index (χ2v) is 5.71. The molecule has 0 aromatic heterocycles. The van der Waals surface area contributed by atoms with Crippen molar-refractivity contribution in [1.82, 2.24) is 5.32 Å². The Bertz CT molecular complexity index is 764. The number of carbonyl (C=O) groups excluding carboxylic acids is 2. The van der Waals surface area contributed by atoms with Crippen LogP contribution < -0.4 is 15.4 Å². The molecule has 0 radical (unpaired) electrons. The van der Waals surface area contributed by atoms with Crippen LogP contribution in [0.1, 0.15) is 12.0 Å². The molecule has 0 fully saturated rings. The molecule has 0 atom stereocenters. The second-order valence-electron chi connectivity index (χ2n) is 5.71. The number of alkyl halides is 3. The molecule has 0 bridgehead atoms. The highest BCUT2D eigenvalue weighted by Crippen LogP contribution is 2.26. The van der Waals surface area contributed by atoms with Gasteiger partial charge in [0.05, 0.1) is 12.1 Å². The Labute approximate surface area is 154 Å². The molecule has 0 aliphatic carbocycles. The van der Waals surface area contributed by atoms with Crippen LogP contribution in [0.25, 0.3) is 0 Å². The van der Waals surface area contributed by atoms with E-state index in [9.17, 15) is 22.8 Å². The van der Waals surface area contributed by atoms with Gasteiger partial charge >= 0.3 is 6.18 Å². The van der Waals surface area contributed by atoms with Gasteiger partial charge in [0.25, 0.3) is 0 Å². The predicted molar refractivity (Wildman–Crippen MR) is 94.4 cm³/mol. The predicted octanol–water partition coefficient (Wildman–Crippen LogP) is 3.32. The first kappa shape index (κ1) is 20.3. The lowest BCUT2D eigenvalue weighted by Gasteiger charge is -2.14. The molecule has 0 saturated heterocycles. The van der Waals surface area contributed by atoms with Crippen molar-refractivity contribution in [1.29, 1.82) is 0 Å². The van der Waals surface area contributed by atoms with Crippen LogP contribution in [-0.4, -0.2) is 31.1 Å². The maximum absolute atomic E-state index is 12.3. The summed E-state index contributed by atoms with van der Waals surface area (Å²) in [6.07, 6.45) is -4.29. The van der Waals surface area contributed by atoms with Gasteiger partial charge in [0.2, 0.25) is 11.8 Å². The summed E-state index contributed by atoms with van der Waals surface area (Å²) in [4.78, 5) is 23.8. The molecular formula is C19H19F3N2O3. The van der Waals surface area contributed by atoms with Crippen LogP contribution in [-0.2, 0) is 16.0 Å². The number of benzene rings is 2. The van der Waals surface area contributed by atoms with Crippen molar-refractivity contribution in [3.8, 4) is 5.75 Å². The Morgan fingerprint density at radius 2 is 1.59 bits per heavy atom. The highest BCUT2D eigenvalue weighted by atomic mass is 19.4. The number of para-hydroxylation sites is 2. The molecule has 2 rings (SSSR count). The standard InChI is InChI=1S/C19H19F3N2O3/c20-19(21,22)13-27-16-9-5-4-8-15(16)24-17(25)10-11-23-18(26)12-14-6-2-1-3-7-14/h1-9H,10-13H2,(H,23,26)(H,24,25). The fourth-order valence-electron chi connectivity index (χ4n) is 2.23. The number of ether oxygens (including phenoxy) is 1. The van der Waals surface area contributed by atoms with Crippen LogP contribution in [0.5, 0.6) is 5.75 Å². The van der Waals surface area contributed by atoms with Crippen molar-refractivity contribution in [3.05, 3.63) is 60.2 Å². The lowest BCUT2D eigenvalue weighted by Crippen LogP contribution is -2.29. The molecule has 144 valence electrons. The molecule has 2 aromatic carbocycles. The van der Waals surface area contributed by atoms with Gasteiger partial charge in [-0.15, -0.1) is 0 Å². The Morgan fingerprint density at radius 3 is 2.30 bits per heavy atom. The highest BCUT2D eigenvalue weighted by Gasteiger charge is 2.28. The summed E-state index contributed by atoms with van der Waals surface area (Å²) in [5.74, 6) is -0.739. The SMILES string of the molecule is O=C(Cc1ccccc1)NCCC(=O)Nc1ccccc1OCC(F)(F)F. The topological polar surface area (TPSA) is 67.4 Å². The average Bonchev–Trinajstić information content (AvgIpc) is 2.61. The summed E-state index contributed by atoms with van der Waals surface area (Å²) in [5.41, 5.74) is 0.998. The molecule has 2 aromatic rings. The number of hydrogen-bond donors (Lipinski definition) is 2. The quantitative estimate of drug-likeness (QED) is 0.738. The van der Waals surface area contributed by atoms with E-state index >= 15 is 0 Å². The molecule has 5 nitrogen and oxygen atoms in total. The third-order valence-corrected chi connectivity index (χ3v) is 3.43. The van der Waals surface area contributed by atoms with E-state index in [0.29, 0.717) is 0 Å². The van der Waals surface area contributed by atoms with Gasteiger partial charge in [-0.25, -0.2) is 0 Å². The molecule has 8 heteroatoms. The number of anilines is 1. The first-order chi connectivity index (χ1) is 12.8. The van der Waals surface area contributed by atoms with Gasteiger partial charge < -0.3 is 15.4 Å². The Kier molecular flexibility index (Phi) is 7.22. The van der Waals surface area contributed by atoms with Crippen molar-refractivity contribution < 1.29 is 27.5 Å². The molecule has 27 heavy (non-hydrogen) atoms. The normalized spacial score (nSPS) is 10.9. The summed E-state index contributed by atoms with van der Waals surface area (Å²) >= 11 is 0. The molecule has 0 aliphatic rings. The zero-order valence-corrected chi connectivity index (χ0v) is 14.4. The molecular weight excluding hydrogens is 361 g/mol. The number of rotatable bonds is 8. The largest absolute Gasteiger partial charge is 0.482 e. The third-order valence-electron chi connectivity index (χ3n) is 3.43. The number of carbonyl (C=O) groups is 2. The van der Waals surface area contributed by atoms with Crippen molar-refractivity contribution in [3.63, 3.8) is 0 Å². The van der Waals surface area contributed by atoms with E-state index in [1.165, 1.54) is 18.2 Å². The van der Waals surface area contributed by atoms with Crippen molar-refractivity contribution in [2.45, 2.75) is 19.0 Å². The number of nitrogens with one attached hydrogen (secondary N) is 2. The molecule has 0 spiro atoms. The maximum atomic E-state index is 12.3. The second kappa shape index (κ2) is 9.61. The lowest BCUT2D eigenvalue weighted by molar-refractivity contribution is -0.153. The van der Waals surface area contributed by atoms with Gasteiger partial charge in [0, 0.05) is 13.0 Å². The summed E-state index contributed by atoms with van der Waals surface area (Å²) in [6.45, 7) is -1.33. The van der Waals surface area contributed by atoms with Gasteiger partial charge in [-0.1, -0.05) is 42.5 Å². The van der Waals surface area contributed by atoms with Crippen LogP contribution in [0.15, 0.2) is 54.6 Å².